The number of hydrogen-bond donors (Lipinski definition) is 0. The molecule has 0 aliphatic heterocycles. The zero-order chi connectivity index (χ0) is 29.3. The van der Waals surface area contributed by atoms with Crippen molar-refractivity contribution in [3.8, 4) is 17.1 Å². The standard InChI is InChI=1S/C31H20F5N5Si/c32-26-18-17-23(30(33)38-26)24-13-7-15-28(37-24)42(21-9-3-1-4-10-21,22-11-5-2-6-12-22)29-16-8-14-27(39-29)41-20-19-25(40-41)31(34,35)36/h1-20H. The molecule has 0 amide bonds. The fraction of sp³-hybridized carbons (Fsp3) is 0.0323. The molecule has 0 saturated carbocycles. The van der Waals surface area contributed by atoms with Crippen LogP contribution in [0.2, 0.25) is 0 Å². The van der Waals surface area contributed by atoms with Gasteiger partial charge in [-0.3, -0.25) is 4.98 Å². The van der Waals surface area contributed by atoms with Gasteiger partial charge in [0.2, 0.25) is 20.0 Å². The predicted octanol–water partition coefficient (Wildman–Crippen LogP) is 4.40. The normalized spacial score (nSPS) is 11.9. The minimum absolute atomic E-state index is 0.0280. The molecule has 208 valence electrons. The van der Waals surface area contributed by atoms with Crippen LogP contribution in [0.25, 0.3) is 17.1 Å². The fourth-order valence-electron chi connectivity index (χ4n) is 5.02. The minimum Gasteiger partial charge on any atom is -0.256 e. The molecule has 4 aromatic heterocycles. The number of alkyl halides is 3. The molecule has 2 aromatic carbocycles. The molecule has 42 heavy (non-hydrogen) atoms. The number of halogens is 5. The summed E-state index contributed by atoms with van der Waals surface area (Å²) >= 11 is 0. The maximum atomic E-state index is 14.8. The molecule has 5 nitrogen and oxygen atoms in total. The molecule has 6 rings (SSSR count). The lowest BCUT2D eigenvalue weighted by atomic mass is 10.2. The number of hydrogen-bond acceptors (Lipinski definition) is 4. The second-order valence-electron chi connectivity index (χ2n) is 9.39. The van der Waals surface area contributed by atoms with Gasteiger partial charge in [0, 0.05) is 16.8 Å². The van der Waals surface area contributed by atoms with Crippen molar-refractivity contribution in [3.63, 3.8) is 0 Å². The lowest BCUT2D eigenvalue weighted by Crippen LogP contribution is -2.76. The zero-order valence-electron chi connectivity index (χ0n) is 21.7. The van der Waals surface area contributed by atoms with Crippen molar-refractivity contribution in [2.75, 3.05) is 0 Å². The fourth-order valence-corrected chi connectivity index (χ4v) is 9.45. The average Bonchev–Trinajstić information content (AvgIpc) is 3.51. The van der Waals surface area contributed by atoms with E-state index in [1.165, 1.54) is 12.3 Å². The number of aromatic nitrogens is 5. The molecule has 0 bridgehead atoms. The molecule has 0 radical (unpaired) electrons. The predicted molar refractivity (Wildman–Crippen MR) is 151 cm³/mol. The van der Waals surface area contributed by atoms with E-state index in [9.17, 15) is 22.0 Å². The maximum Gasteiger partial charge on any atom is 0.435 e. The Morgan fingerprint density at radius 3 is 1.81 bits per heavy atom. The molecule has 0 unspecified atom stereocenters. The summed E-state index contributed by atoms with van der Waals surface area (Å²) in [5.41, 5.74) is -0.756. The summed E-state index contributed by atoms with van der Waals surface area (Å²) < 4.78 is 69.4. The molecule has 0 aliphatic carbocycles. The van der Waals surface area contributed by atoms with Crippen molar-refractivity contribution in [2.45, 2.75) is 6.18 Å². The summed E-state index contributed by atoms with van der Waals surface area (Å²) in [4.78, 5) is 13.1. The molecule has 0 saturated heterocycles. The highest BCUT2D eigenvalue weighted by Gasteiger charge is 2.45. The van der Waals surface area contributed by atoms with Crippen LogP contribution in [0.5, 0.6) is 0 Å². The Labute approximate surface area is 238 Å². The highest BCUT2D eigenvalue weighted by Crippen LogP contribution is 2.27. The van der Waals surface area contributed by atoms with E-state index in [0.29, 0.717) is 10.6 Å². The lowest BCUT2D eigenvalue weighted by Gasteiger charge is -2.32. The third kappa shape index (κ3) is 4.88. The van der Waals surface area contributed by atoms with Crippen LogP contribution in [0.15, 0.2) is 121 Å². The summed E-state index contributed by atoms with van der Waals surface area (Å²) in [7, 11) is -3.39. The Bertz CT molecular complexity index is 1820. The van der Waals surface area contributed by atoms with Crippen molar-refractivity contribution in [1.82, 2.24) is 24.7 Å². The van der Waals surface area contributed by atoms with Crippen molar-refractivity contribution < 1.29 is 22.0 Å². The van der Waals surface area contributed by atoms with E-state index in [0.717, 1.165) is 27.2 Å². The van der Waals surface area contributed by atoms with E-state index in [1.54, 1.807) is 24.3 Å². The van der Waals surface area contributed by atoms with Crippen molar-refractivity contribution >= 4 is 29.1 Å². The second-order valence-corrected chi connectivity index (χ2v) is 13.1. The van der Waals surface area contributed by atoms with E-state index < -0.39 is 31.8 Å². The van der Waals surface area contributed by atoms with Gasteiger partial charge < -0.3 is 0 Å². The quantitative estimate of drug-likeness (QED) is 0.165. The van der Waals surface area contributed by atoms with Crippen LogP contribution in [0.1, 0.15) is 5.69 Å². The monoisotopic (exact) mass is 585 g/mol. The van der Waals surface area contributed by atoms with Gasteiger partial charge in [0.25, 0.3) is 0 Å². The molecule has 6 aromatic rings. The first kappa shape index (κ1) is 27.2. The molecule has 0 N–H and O–H groups in total. The molecular weight excluding hydrogens is 565 g/mol. The average molecular weight is 586 g/mol. The van der Waals surface area contributed by atoms with E-state index in [4.69, 9.17) is 9.97 Å². The van der Waals surface area contributed by atoms with E-state index >= 15 is 0 Å². The molecule has 0 aliphatic rings. The van der Waals surface area contributed by atoms with Crippen molar-refractivity contribution in [2.24, 2.45) is 0 Å². The topological polar surface area (TPSA) is 56.5 Å². The first-order valence-corrected chi connectivity index (χ1v) is 14.8. The minimum atomic E-state index is -4.61. The Balaban J connectivity index is 1.64. The van der Waals surface area contributed by atoms with Crippen molar-refractivity contribution in [1.29, 1.82) is 0 Å². The summed E-state index contributed by atoms with van der Waals surface area (Å²) in [5, 5.41) is 6.65. The van der Waals surface area contributed by atoms with Crippen LogP contribution in [0.3, 0.4) is 0 Å². The number of rotatable bonds is 6. The van der Waals surface area contributed by atoms with Gasteiger partial charge >= 0.3 is 6.18 Å². The number of nitrogens with zero attached hydrogens (tertiary/aromatic N) is 5. The summed E-state index contributed by atoms with van der Waals surface area (Å²) in [5.74, 6) is -1.75. The first-order valence-electron chi connectivity index (χ1n) is 12.8. The van der Waals surface area contributed by atoms with Gasteiger partial charge in [0.15, 0.2) is 11.5 Å². The Morgan fingerprint density at radius 2 is 1.21 bits per heavy atom. The summed E-state index contributed by atoms with van der Waals surface area (Å²) in [6.45, 7) is 0. The Morgan fingerprint density at radius 1 is 0.595 bits per heavy atom. The first-order chi connectivity index (χ1) is 20.3. The number of benzene rings is 2. The highest BCUT2D eigenvalue weighted by molar-refractivity contribution is 7.19. The van der Waals surface area contributed by atoms with E-state index in [1.807, 2.05) is 72.8 Å². The maximum absolute atomic E-state index is 14.8. The van der Waals surface area contributed by atoms with Crippen LogP contribution in [-0.4, -0.2) is 32.8 Å². The largest absolute Gasteiger partial charge is 0.435 e. The molecular formula is C31H20F5N5Si. The van der Waals surface area contributed by atoms with Gasteiger partial charge in [-0.05, 0) is 52.8 Å². The third-order valence-corrected chi connectivity index (χ3v) is 11.4. The smallest absolute Gasteiger partial charge is 0.256 e. The second kappa shape index (κ2) is 10.7. The van der Waals surface area contributed by atoms with E-state index in [-0.39, 0.29) is 17.1 Å². The van der Waals surface area contributed by atoms with Crippen molar-refractivity contribution in [3.05, 3.63) is 139 Å². The van der Waals surface area contributed by atoms with Crippen LogP contribution in [-0.2, 0) is 6.18 Å². The molecule has 4 heterocycles. The zero-order valence-corrected chi connectivity index (χ0v) is 22.7. The van der Waals surface area contributed by atoms with Gasteiger partial charge in [-0.1, -0.05) is 72.8 Å². The van der Waals surface area contributed by atoms with Gasteiger partial charge in [0.1, 0.15) is 0 Å². The lowest BCUT2D eigenvalue weighted by molar-refractivity contribution is -0.141. The molecule has 0 atom stereocenters. The van der Waals surface area contributed by atoms with Crippen LogP contribution < -0.4 is 21.0 Å². The Hall–Kier alpha value is -5.03. The highest BCUT2D eigenvalue weighted by atomic mass is 28.3. The third-order valence-electron chi connectivity index (χ3n) is 6.87. The Kier molecular flexibility index (Phi) is 6.95. The van der Waals surface area contributed by atoms with Gasteiger partial charge in [-0.2, -0.15) is 32.0 Å². The van der Waals surface area contributed by atoms with Crippen LogP contribution in [0.4, 0.5) is 22.0 Å². The van der Waals surface area contributed by atoms with Gasteiger partial charge in [0.05, 0.1) is 11.3 Å². The van der Waals surface area contributed by atoms with Crippen LogP contribution in [0, 0.1) is 11.9 Å². The molecule has 0 fully saturated rings. The molecule has 11 heteroatoms. The van der Waals surface area contributed by atoms with Crippen LogP contribution >= 0.6 is 0 Å². The van der Waals surface area contributed by atoms with Gasteiger partial charge in [-0.15, -0.1) is 0 Å². The van der Waals surface area contributed by atoms with Gasteiger partial charge in [-0.25, -0.2) is 9.67 Å². The summed E-state index contributed by atoms with van der Waals surface area (Å²) in [6.07, 6.45) is -3.39. The van der Waals surface area contributed by atoms with E-state index in [2.05, 4.69) is 10.1 Å². The SMILES string of the molecule is Fc1ccc(-c2cccc([Si](c3ccccc3)(c3ccccc3)c3cccc(-n4ccc(C(F)(F)F)n4)n3)n2)c(F)n1. The number of pyridine rings is 3. The summed E-state index contributed by atoms with van der Waals surface area (Å²) in [6, 6.07) is 32.7. The molecule has 0 spiro atoms.